The Labute approximate surface area is 614 Å². The smallest absolute Gasteiger partial charge is 0.361 e. The van der Waals surface area contributed by atoms with Crippen molar-refractivity contribution >= 4 is 17.9 Å². The maximum absolute atomic E-state index is 13.0. The van der Waals surface area contributed by atoms with E-state index in [1.165, 1.54) is 308 Å². The summed E-state index contributed by atoms with van der Waals surface area (Å²) in [5.74, 6) is -1.98. The summed E-state index contributed by atoms with van der Waals surface area (Å²) in [5.41, 5.74) is 0. The zero-order valence-corrected chi connectivity index (χ0v) is 66.2. The Hall–Kier alpha value is -3.53. The van der Waals surface area contributed by atoms with Gasteiger partial charge in [-0.05, 0) is 89.9 Å². The molecule has 0 aromatic carbocycles. The molecule has 0 heterocycles. The Bertz CT molecular complexity index is 1910. The number of aliphatic carboxylic acids is 1. The van der Waals surface area contributed by atoms with Crippen LogP contribution in [-0.4, -0.2) is 87.4 Å². The summed E-state index contributed by atoms with van der Waals surface area (Å²) in [6.07, 6.45) is 108. The molecule has 576 valence electrons. The number of nitrogens with zero attached hydrogens (tertiary/aromatic N) is 1. The van der Waals surface area contributed by atoms with Crippen molar-refractivity contribution in [3.05, 3.63) is 85.1 Å². The molecule has 2 unspecified atom stereocenters. The van der Waals surface area contributed by atoms with Gasteiger partial charge in [0, 0.05) is 12.8 Å². The minimum absolute atomic E-state index is 0.178. The Morgan fingerprint density at radius 3 is 0.869 bits per heavy atom. The van der Waals surface area contributed by atoms with Crippen molar-refractivity contribution in [2.75, 3.05) is 47.5 Å². The minimum Gasteiger partial charge on any atom is -0.477 e. The maximum atomic E-state index is 13.0. The number of hydrogen-bond acceptors (Lipinski definition) is 7. The first-order chi connectivity index (χ1) is 48.6. The van der Waals surface area contributed by atoms with E-state index in [1.54, 1.807) is 0 Å². The summed E-state index contributed by atoms with van der Waals surface area (Å²) >= 11 is 0. The van der Waals surface area contributed by atoms with Crippen LogP contribution in [0.25, 0.3) is 0 Å². The lowest BCUT2D eigenvalue weighted by Crippen LogP contribution is -2.40. The van der Waals surface area contributed by atoms with E-state index in [0.29, 0.717) is 17.4 Å². The molecule has 2 atom stereocenters. The monoisotopic (exact) mass is 1390 g/mol. The number of likely N-dealkylation sites (N-methyl/N-ethyl adjacent to an activating group) is 1. The highest BCUT2D eigenvalue weighted by atomic mass is 16.7. The predicted molar refractivity (Wildman–Crippen MR) is 429 cm³/mol. The second-order valence-corrected chi connectivity index (χ2v) is 30.1. The number of quaternary nitrogens is 1. The molecule has 0 amide bonds. The number of hydrogen-bond donors (Lipinski definition) is 1. The van der Waals surface area contributed by atoms with Crippen LogP contribution in [0.2, 0.25) is 0 Å². The lowest BCUT2D eigenvalue weighted by Gasteiger charge is -2.25. The van der Waals surface area contributed by atoms with E-state index >= 15 is 0 Å². The van der Waals surface area contributed by atoms with Crippen molar-refractivity contribution in [3.63, 3.8) is 0 Å². The van der Waals surface area contributed by atoms with Gasteiger partial charge in [-0.25, -0.2) is 4.79 Å². The van der Waals surface area contributed by atoms with Gasteiger partial charge in [0.15, 0.2) is 6.10 Å². The molecule has 1 N–H and O–H groups in total. The number of rotatable bonds is 80. The van der Waals surface area contributed by atoms with Gasteiger partial charge in [-0.2, -0.15) is 0 Å². The van der Waals surface area contributed by atoms with Gasteiger partial charge in [-0.1, -0.05) is 394 Å². The maximum Gasteiger partial charge on any atom is 0.361 e. The lowest BCUT2D eigenvalue weighted by molar-refractivity contribution is -0.870. The normalized spacial score (nSPS) is 13.0. The molecular weight excluding hydrogens is 1220 g/mol. The first-order valence-corrected chi connectivity index (χ1v) is 42.8. The third-order valence-corrected chi connectivity index (χ3v) is 19.1. The lowest BCUT2D eigenvalue weighted by atomic mass is 10.0. The van der Waals surface area contributed by atoms with E-state index in [-0.39, 0.29) is 38.2 Å². The number of carboxylic acid groups (broad SMARTS) is 1. The predicted octanol–water partition coefficient (Wildman–Crippen LogP) is 27.7. The summed E-state index contributed by atoms with van der Waals surface area (Å²) in [7, 11) is 6.00. The quantitative estimate of drug-likeness (QED) is 0.0211. The highest BCUT2D eigenvalue weighted by Gasteiger charge is 2.25. The molecule has 9 heteroatoms. The number of ether oxygens (including phenoxy) is 4. The van der Waals surface area contributed by atoms with E-state index in [1.807, 2.05) is 21.1 Å². The minimum atomic E-state index is -1.51. The van der Waals surface area contributed by atoms with E-state index in [2.05, 4.69) is 98.9 Å². The second kappa shape index (κ2) is 80.2. The van der Waals surface area contributed by atoms with Crippen molar-refractivity contribution < 1.29 is 42.9 Å². The van der Waals surface area contributed by atoms with Crippen molar-refractivity contribution in [2.24, 2.45) is 0 Å². The molecule has 0 radical (unpaired) electrons. The van der Waals surface area contributed by atoms with Crippen LogP contribution in [0, 0.1) is 0 Å². The van der Waals surface area contributed by atoms with Crippen LogP contribution in [-0.2, 0) is 33.3 Å². The van der Waals surface area contributed by atoms with Crippen LogP contribution < -0.4 is 0 Å². The average Bonchev–Trinajstić information content (AvgIpc) is 2.19. The summed E-state index contributed by atoms with van der Waals surface area (Å²) in [6, 6.07) is 0. The standard InChI is InChI=1S/C90H163NO8/c1-6-8-10-12-14-16-18-20-22-24-26-28-30-32-34-36-38-40-42-44-46-48-50-52-54-56-58-60-62-64-66-68-70-72-74-76-78-80-87(92)97-84-86(85-98-90(89(94)95)96-83-82-91(3,4)5)99-88(93)81-79-77-75-73-71-69-67-65-63-61-59-57-55-53-51-49-47-45-43-41-39-37-35-33-31-29-27-25-23-21-19-17-15-13-11-9-7-2/h9,11,15,17,21,23-24,26-27,29,33,35,39,41,86,90H,6-8,10,12-14,16,18-20,22,25,28,30-32,34,36-38,40,42-85H2,1-5H3/p+1/b11-9-,17-15-,23-21-,26-24-,29-27-,35-33-,41-39-. The number of carboxylic acids is 1. The van der Waals surface area contributed by atoms with E-state index in [0.717, 1.165) is 77.0 Å². The number of carbonyl (C=O) groups is 3. The van der Waals surface area contributed by atoms with Gasteiger partial charge in [-0.3, -0.25) is 9.59 Å². The molecule has 0 aliphatic rings. The summed E-state index contributed by atoms with van der Waals surface area (Å²) in [5, 5.41) is 9.79. The van der Waals surface area contributed by atoms with Crippen molar-refractivity contribution in [3.8, 4) is 0 Å². The summed E-state index contributed by atoms with van der Waals surface area (Å²) in [4.78, 5) is 37.8. The van der Waals surface area contributed by atoms with Gasteiger partial charge in [0.2, 0.25) is 0 Å². The highest BCUT2D eigenvalue weighted by Crippen LogP contribution is 2.20. The van der Waals surface area contributed by atoms with Crippen LogP contribution >= 0.6 is 0 Å². The highest BCUT2D eigenvalue weighted by molar-refractivity contribution is 5.71. The average molecular weight is 1390 g/mol. The SMILES string of the molecule is CC/C=C\C/C=C\C/C=C\C/C=C\C/C=C\C/C=C\CCCCCCCCCCCCCCCCCCCCC(=O)OC(COC(=O)CCCCCCCCCCCCCCCCCCCCCCCCCCC/C=C\CCCCCCCCCC)COC(OCC[N+](C)(C)C)C(=O)O. The van der Waals surface area contributed by atoms with E-state index in [4.69, 9.17) is 18.9 Å². The van der Waals surface area contributed by atoms with Crippen molar-refractivity contribution in [1.29, 1.82) is 0 Å². The number of unbranched alkanes of at least 4 members (excludes halogenated alkanes) is 51. The second-order valence-electron chi connectivity index (χ2n) is 30.1. The largest absolute Gasteiger partial charge is 0.477 e. The first kappa shape index (κ1) is 95.5. The molecule has 0 saturated heterocycles. The fourth-order valence-electron chi connectivity index (χ4n) is 12.7. The molecule has 0 spiro atoms. The fraction of sp³-hybridized carbons (Fsp3) is 0.811. The number of esters is 2. The molecule has 99 heavy (non-hydrogen) atoms. The van der Waals surface area contributed by atoms with Crippen LogP contribution in [0.15, 0.2) is 85.1 Å². The number of allylic oxidation sites excluding steroid dienone is 14. The summed E-state index contributed by atoms with van der Waals surface area (Å²) in [6.45, 7) is 4.83. The molecule has 0 saturated carbocycles. The van der Waals surface area contributed by atoms with Gasteiger partial charge in [-0.15, -0.1) is 0 Å². The van der Waals surface area contributed by atoms with E-state index in [9.17, 15) is 19.5 Å². The van der Waals surface area contributed by atoms with Crippen molar-refractivity contribution in [2.45, 2.75) is 424 Å². The zero-order valence-electron chi connectivity index (χ0n) is 66.2. The van der Waals surface area contributed by atoms with Gasteiger partial charge in [0.1, 0.15) is 13.2 Å². The van der Waals surface area contributed by atoms with Crippen LogP contribution in [0.4, 0.5) is 0 Å². The molecule has 0 aromatic rings. The Morgan fingerprint density at radius 1 is 0.313 bits per heavy atom. The Morgan fingerprint density at radius 2 is 0.576 bits per heavy atom. The van der Waals surface area contributed by atoms with Crippen molar-refractivity contribution in [1.82, 2.24) is 0 Å². The third-order valence-electron chi connectivity index (χ3n) is 19.1. The molecule has 0 rings (SSSR count). The zero-order chi connectivity index (χ0) is 71.8. The molecule has 0 aliphatic heterocycles. The fourth-order valence-corrected chi connectivity index (χ4v) is 12.7. The van der Waals surface area contributed by atoms with Gasteiger partial charge < -0.3 is 28.5 Å². The summed E-state index contributed by atoms with van der Waals surface area (Å²) < 4.78 is 23.1. The molecule has 0 aromatic heterocycles. The molecule has 0 fully saturated rings. The number of carbonyl (C=O) groups excluding carboxylic acids is 2. The van der Waals surface area contributed by atoms with Gasteiger partial charge >= 0.3 is 17.9 Å². The van der Waals surface area contributed by atoms with Gasteiger partial charge in [0.05, 0.1) is 34.4 Å². The van der Waals surface area contributed by atoms with Gasteiger partial charge in [0.25, 0.3) is 6.29 Å². The topological polar surface area (TPSA) is 108 Å². The third kappa shape index (κ3) is 81.6. The Balaban J connectivity index is 3.95. The first-order valence-electron chi connectivity index (χ1n) is 42.8. The van der Waals surface area contributed by atoms with Crippen LogP contribution in [0.3, 0.4) is 0 Å². The van der Waals surface area contributed by atoms with Crippen LogP contribution in [0.1, 0.15) is 412 Å². The Kier molecular flexibility index (Phi) is 77.3. The van der Waals surface area contributed by atoms with E-state index < -0.39 is 18.4 Å². The van der Waals surface area contributed by atoms with Crippen LogP contribution in [0.5, 0.6) is 0 Å². The molecule has 0 bridgehead atoms. The molecular formula is C90H164NO8+. The molecule has 0 aliphatic carbocycles. The molecule has 9 nitrogen and oxygen atoms in total.